The van der Waals surface area contributed by atoms with Gasteiger partial charge in [-0.25, -0.2) is 0 Å². The molecule has 0 saturated carbocycles. The van der Waals surface area contributed by atoms with Gasteiger partial charge in [-0.3, -0.25) is 0 Å². The SMILES string of the molecule is COc1cc(C=C(C#N)c2ccccc2Cl)cc(Br)c1OCc1ccc(Br)cc1. The van der Waals surface area contributed by atoms with E-state index in [1.165, 1.54) is 0 Å². The third-order valence-electron chi connectivity index (χ3n) is 4.14. The molecule has 0 aromatic heterocycles. The van der Waals surface area contributed by atoms with Gasteiger partial charge in [-0.1, -0.05) is 57.9 Å². The molecule has 0 aliphatic rings. The van der Waals surface area contributed by atoms with Crippen LogP contribution in [0.4, 0.5) is 0 Å². The maximum atomic E-state index is 9.60. The molecule has 0 saturated heterocycles. The van der Waals surface area contributed by atoms with Crippen molar-refractivity contribution >= 4 is 55.1 Å². The number of nitriles is 1. The quantitative estimate of drug-likeness (QED) is 0.243. The minimum atomic E-state index is 0.403. The fourth-order valence-electron chi connectivity index (χ4n) is 2.72. The number of methoxy groups -OCH3 is 1. The van der Waals surface area contributed by atoms with Crippen molar-refractivity contribution in [3.05, 3.63) is 91.3 Å². The van der Waals surface area contributed by atoms with Crippen LogP contribution in [0.2, 0.25) is 5.02 Å². The monoisotopic (exact) mass is 531 g/mol. The van der Waals surface area contributed by atoms with E-state index in [9.17, 15) is 5.26 Å². The number of rotatable bonds is 6. The molecule has 0 aliphatic carbocycles. The van der Waals surface area contributed by atoms with Crippen molar-refractivity contribution in [2.24, 2.45) is 0 Å². The Bertz CT molecular complexity index is 1090. The summed E-state index contributed by atoms with van der Waals surface area (Å²) < 4.78 is 13.2. The van der Waals surface area contributed by atoms with Gasteiger partial charge in [0.2, 0.25) is 0 Å². The van der Waals surface area contributed by atoms with Crippen LogP contribution in [0.1, 0.15) is 16.7 Å². The second-order valence-corrected chi connectivity index (χ2v) is 8.28. The average Bonchev–Trinajstić information content (AvgIpc) is 2.72. The smallest absolute Gasteiger partial charge is 0.175 e. The Morgan fingerprint density at radius 3 is 2.48 bits per heavy atom. The van der Waals surface area contributed by atoms with Gasteiger partial charge in [-0.15, -0.1) is 0 Å². The van der Waals surface area contributed by atoms with Crippen molar-refractivity contribution in [3.63, 3.8) is 0 Å². The lowest BCUT2D eigenvalue weighted by molar-refractivity contribution is 0.282. The van der Waals surface area contributed by atoms with Crippen LogP contribution in [-0.2, 0) is 6.61 Å². The van der Waals surface area contributed by atoms with Crippen molar-refractivity contribution in [1.29, 1.82) is 5.26 Å². The summed E-state index contributed by atoms with van der Waals surface area (Å²) in [7, 11) is 1.58. The first-order valence-corrected chi connectivity index (χ1v) is 10.6. The van der Waals surface area contributed by atoms with E-state index in [1.807, 2.05) is 54.6 Å². The largest absolute Gasteiger partial charge is 0.493 e. The molecule has 6 heteroatoms. The van der Waals surface area contributed by atoms with Crippen LogP contribution < -0.4 is 9.47 Å². The Balaban J connectivity index is 1.90. The predicted octanol–water partition coefficient (Wildman–Crippen LogP) is 7.52. The second-order valence-electron chi connectivity index (χ2n) is 6.10. The minimum Gasteiger partial charge on any atom is -0.493 e. The van der Waals surface area contributed by atoms with Crippen LogP contribution >= 0.6 is 43.5 Å². The van der Waals surface area contributed by atoms with E-state index in [4.69, 9.17) is 21.1 Å². The number of nitrogens with zero attached hydrogens (tertiary/aromatic N) is 1. The van der Waals surface area contributed by atoms with E-state index >= 15 is 0 Å². The summed E-state index contributed by atoms with van der Waals surface area (Å²) in [5, 5.41) is 10.1. The molecule has 146 valence electrons. The third-order valence-corrected chi connectivity index (χ3v) is 5.59. The number of hydrogen-bond donors (Lipinski definition) is 0. The lowest BCUT2D eigenvalue weighted by atomic mass is 10.0. The third kappa shape index (κ3) is 5.42. The second kappa shape index (κ2) is 9.98. The topological polar surface area (TPSA) is 42.2 Å². The first kappa shape index (κ1) is 21.4. The number of halogens is 3. The molecule has 3 aromatic carbocycles. The molecule has 3 nitrogen and oxygen atoms in total. The number of ether oxygens (including phenoxy) is 2. The molecule has 3 aromatic rings. The molecule has 3 rings (SSSR count). The Hall–Kier alpha value is -2.26. The van der Waals surface area contributed by atoms with Gasteiger partial charge < -0.3 is 9.47 Å². The fraction of sp³-hybridized carbons (Fsp3) is 0.0870. The molecule has 0 amide bonds. The summed E-state index contributed by atoms with van der Waals surface area (Å²) in [6.07, 6.45) is 1.77. The van der Waals surface area contributed by atoms with Gasteiger partial charge in [-0.05, 0) is 63.5 Å². The van der Waals surface area contributed by atoms with Gasteiger partial charge in [0, 0.05) is 15.1 Å². The Labute approximate surface area is 191 Å². The van der Waals surface area contributed by atoms with Crippen LogP contribution in [0.3, 0.4) is 0 Å². The van der Waals surface area contributed by atoms with E-state index in [1.54, 1.807) is 19.3 Å². The summed E-state index contributed by atoms with van der Waals surface area (Å²) in [4.78, 5) is 0. The van der Waals surface area contributed by atoms with Crippen molar-refractivity contribution in [2.75, 3.05) is 7.11 Å². The van der Waals surface area contributed by atoms with Crippen LogP contribution in [0, 0.1) is 11.3 Å². The lowest BCUT2D eigenvalue weighted by Gasteiger charge is -2.14. The Morgan fingerprint density at radius 1 is 1.10 bits per heavy atom. The molecule has 0 bridgehead atoms. The number of allylic oxidation sites excluding steroid dienone is 1. The maximum absolute atomic E-state index is 9.60. The normalized spacial score (nSPS) is 11.1. The van der Waals surface area contributed by atoms with Crippen molar-refractivity contribution < 1.29 is 9.47 Å². The van der Waals surface area contributed by atoms with Gasteiger partial charge in [-0.2, -0.15) is 5.26 Å². The average molecular weight is 534 g/mol. The van der Waals surface area contributed by atoms with Gasteiger partial charge in [0.15, 0.2) is 11.5 Å². The molecule has 0 heterocycles. The zero-order chi connectivity index (χ0) is 20.8. The van der Waals surface area contributed by atoms with Crippen LogP contribution in [0.5, 0.6) is 11.5 Å². The van der Waals surface area contributed by atoms with Crippen molar-refractivity contribution in [3.8, 4) is 17.6 Å². The highest BCUT2D eigenvalue weighted by molar-refractivity contribution is 9.10. The van der Waals surface area contributed by atoms with Crippen LogP contribution in [0.15, 0.2) is 69.6 Å². The fourth-order valence-corrected chi connectivity index (χ4v) is 3.79. The molecule has 0 atom stereocenters. The standard InChI is InChI=1S/C23H16Br2ClNO2/c1-28-22-12-16(10-17(13-27)19-4-2-3-5-21(19)26)11-20(25)23(22)29-14-15-6-8-18(24)9-7-15/h2-12H,14H2,1H3. The first-order chi connectivity index (χ1) is 14.0. The number of benzene rings is 3. The zero-order valence-corrected chi connectivity index (χ0v) is 19.4. The highest BCUT2D eigenvalue weighted by Crippen LogP contribution is 2.38. The van der Waals surface area contributed by atoms with Crippen LogP contribution in [0.25, 0.3) is 11.6 Å². The summed E-state index contributed by atoms with van der Waals surface area (Å²) in [6.45, 7) is 0.403. The van der Waals surface area contributed by atoms with E-state index in [2.05, 4.69) is 37.9 Å². The van der Waals surface area contributed by atoms with Crippen molar-refractivity contribution in [1.82, 2.24) is 0 Å². The zero-order valence-electron chi connectivity index (χ0n) is 15.5. The molecule has 0 unspecified atom stereocenters. The van der Waals surface area contributed by atoms with E-state index in [-0.39, 0.29) is 0 Å². The summed E-state index contributed by atoms with van der Waals surface area (Å²) in [5.41, 5.74) is 2.98. The molecule has 0 radical (unpaired) electrons. The summed E-state index contributed by atoms with van der Waals surface area (Å²) >= 11 is 13.2. The lowest BCUT2D eigenvalue weighted by Crippen LogP contribution is -1.99. The molecule has 29 heavy (non-hydrogen) atoms. The van der Waals surface area contributed by atoms with Gasteiger partial charge in [0.1, 0.15) is 6.61 Å². The predicted molar refractivity (Wildman–Crippen MR) is 124 cm³/mol. The van der Waals surface area contributed by atoms with Gasteiger partial charge in [0.05, 0.1) is 23.2 Å². The highest BCUT2D eigenvalue weighted by atomic mass is 79.9. The van der Waals surface area contributed by atoms with E-state index in [0.717, 1.165) is 20.1 Å². The molecule has 0 fully saturated rings. The van der Waals surface area contributed by atoms with Gasteiger partial charge >= 0.3 is 0 Å². The summed E-state index contributed by atoms with van der Waals surface area (Å²) in [5.74, 6) is 1.17. The first-order valence-electron chi connectivity index (χ1n) is 8.63. The molecule has 0 spiro atoms. The molecular formula is C23H16Br2ClNO2. The Kier molecular flexibility index (Phi) is 7.38. The summed E-state index contributed by atoms with van der Waals surface area (Å²) in [6, 6.07) is 21.1. The van der Waals surface area contributed by atoms with Crippen molar-refractivity contribution in [2.45, 2.75) is 6.61 Å². The molecule has 0 N–H and O–H groups in total. The minimum absolute atomic E-state index is 0.403. The number of hydrogen-bond acceptors (Lipinski definition) is 3. The van der Waals surface area contributed by atoms with E-state index < -0.39 is 0 Å². The molecule has 0 aliphatic heterocycles. The van der Waals surface area contributed by atoms with Gasteiger partial charge in [0.25, 0.3) is 0 Å². The highest BCUT2D eigenvalue weighted by Gasteiger charge is 2.13. The maximum Gasteiger partial charge on any atom is 0.175 e. The van der Waals surface area contributed by atoms with Crippen LogP contribution in [-0.4, -0.2) is 7.11 Å². The van der Waals surface area contributed by atoms with E-state index in [0.29, 0.717) is 34.3 Å². The molecular weight excluding hydrogens is 518 g/mol. The Morgan fingerprint density at radius 2 is 1.83 bits per heavy atom.